The number of amides is 1. The van der Waals surface area contributed by atoms with Gasteiger partial charge in [-0.05, 0) is 29.3 Å². The molecular weight excluding hydrogens is 330 g/mol. The summed E-state index contributed by atoms with van der Waals surface area (Å²) in [4.78, 5) is 12.4. The highest BCUT2D eigenvalue weighted by Gasteiger charge is 2.14. The summed E-state index contributed by atoms with van der Waals surface area (Å²) in [7, 11) is 1.79. The monoisotopic (exact) mass is 345 g/mol. The summed E-state index contributed by atoms with van der Waals surface area (Å²) in [5, 5.41) is 14.5. The van der Waals surface area contributed by atoms with E-state index in [1.165, 1.54) is 0 Å². The second-order valence-electron chi connectivity index (χ2n) is 5.68. The van der Waals surface area contributed by atoms with Crippen LogP contribution < -0.4 is 5.32 Å². The van der Waals surface area contributed by atoms with Crippen molar-refractivity contribution in [2.75, 3.05) is 5.32 Å². The van der Waals surface area contributed by atoms with Crippen LogP contribution in [0.5, 0.6) is 0 Å². The van der Waals surface area contributed by atoms with Gasteiger partial charge in [0.25, 0.3) is 11.8 Å². The number of carbonyl (C=O) groups excluding carboxylic acids is 1. The standard InChI is InChI=1S/C19H15N5O2/c1-24-12-11-16(23-24)18-21-22-19(26-18)20-17(25)15-9-7-14(8-10-15)13-5-3-2-4-6-13/h2-12H,1H3,(H,20,22,25). The maximum atomic E-state index is 12.4. The SMILES string of the molecule is Cn1ccc(-c2nnc(NC(=O)c3ccc(-c4ccccc4)cc3)o2)n1. The van der Waals surface area contributed by atoms with Gasteiger partial charge < -0.3 is 4.42 Å². The molecule has 2 aromatic heterocycles. The van der Waals surface area contributed by atoms with Crippen LogP contribution >= 0.6 is 0 Å². The van der Waals surface area contributed by atoms with E-state index in [1.807, 2.05) is 42.5 Å². The molecule has 2 aromatic carbocycles. The second-order valence-corrected chi connectivity index (χ2v) is 5.68. The van der Waals surface area contributed by atoms with Crippen molar-refractivity contribution in [2.24, 2.45) is 7.05 Å². The smallest absolute Gasteiger partial charge is 0.322 e. The van der Waals surface area contributed by atoms with Gasteiger partial charge in [0.15, 0.2) is 0 Å². The normalized spacial score (nSPS) is 10.7. The molecule has 0 radical (unpaired) electrons. The molecule has 0 aliphatic carbocycles. The van der Waals surface area contributed by atoms with Gasteiger partial charge in [-0.25, -0.2) is 0 Å². The molecule has 0 aliphatic heterocycles. The molecule has 26 heavy (non-hydrogen) atoms. The average Bonchev–Trinajstić information content (AvgIpc) is 3.31. The van der Waals surface area contributed by atoms with E-state index in [1.54, 1.807) is 36.1 Å². The summed E-state index contributed by atoms with van der Waals surface area (Å²) in [5.74, 6) is -0.0684. The number of nitrogens with zero attached hydrogens (tertiary/aromatic N) is 4. The van der Waals surface area contributed by atoms with E-state index in [0.29, 0.717) is 11.3 Å². The fraction of sp³-hybridized carbons (Fsp3) is 0.0526. The van der Waals surface area contributed by atoms with Crippen LogP contribution in [0.15, 0.2) is 71.3 Å². The molecule has 4 aromatic rings. The number of benzene rings is 2. The van der Waals surface area contributed by atoms with Crippen molar-refractivity contribution >= 4 is 11.9 Å². The minimum absolute atomic E-state index is 0.0304. The van der Waals surface area contributed by atoms with Crippen LogP contribution in [0.25, 0.3) is 22.7 Å². The van der Waals surface area contributed by atoms with Crippen molar-refractivity contribution in [3.63, 3.8) is 0 Å². The van der Waals surface area contributed by atoms with E-state index in [4.69, 9.17) is 4.42 Å². The Bertz CT molecular complexity index is 1040. The summed E-state index contributed by atoms with van der Waals surface area (Å²) < 4.78 is 7.07. The Labute approximate surface area is 149 Å². The summed E-state index contributed by atoms with van der Waals surface area (Å²) in [6.45, 7) is 0. The minimum Gasteiger partial charge on any atom is -0.401 e. The quantitative estimate of drug-likeness (QED) is 0.613. The number of aromatic nitrogens is 4. The lowest BCUT2D eigenvalue weighted by atomic mass is 10.0. The molecular formula is C19H15N5O2. The third kappa shape index (κ3) is 3.23. The number of nitrogens with one attached hydrogen (secondary N) is 1. The van der Waals surface area contributed by atoms with Crippen LogP contribution in [0.1, 0.15) is 10.4 Å². The third-order valence-corrected chi connectivity index (χ3v) is 3.83. The Morgan fingerprint density at radius 2 is 1.69 bits per heavy atom. The third-order valence-electron chi connectivity index (χ3n) is 3.83. The maximum Gasteiger partial charge on any atom is 0.322 e. The van der Waals surface area contributed by atoms with Gasteiger partial charge in [-0.3, -0.25) is 14.8 Å². The van der Waals surface area contributed by atoms with Gasteiger partial charge in [-0.15, -0.1) is 5.10 Å². The van der Waals surface area contributed by atoms with Crippen LogP contribution in [0.3, 0.4) is 0 Å². The Hall–Kier alpha value is -3.74. The Kier molecular flexibility index (Phi) is 4.03. The molecule has 0 aliphatic rings. The van der Waals surface area contributed by atoms with Crippen LogP contribution in [-0.2, 0) is 7.05 Å². The highest BCUT2D eigenvalue weighted by Crippen LogP contribution is 2.20. The van der Waals surface area contributed by atoms with Crippen molar-refractivity contribution in [1.29, 1.82) is 0 Å². The van der Waals surface area contributed by atoms with Crippen LogP contribution in [0.2, 0.25) is 0 Å². The molecule has 7 heteroatoms. The van der Waals surface area contributed by atoms with Crippen molar-refractivity contribution in [3.8, 4) is 22.7 Å². The summed E-state index contributed by atoms with van der Waals surface area (Å²) >= 11 is 0. The van der Waals surface area contributed by atoms with Gasteiger partial charge in [-0.1, -0.05) is 47.6 Å². The molecule has 0 fully saturated rings. The fourth-order valence-corrected chi connectivity index (χ4v) is 2.52. The van der Waals surface area contributed by atoms with E-state index >= 15 is 0 Å². The number of hydrogen-bond donors (Lipinski definition) is 1. The van der Waals surface area contributed by atoms with E-state index in [0.717, 1.165) is 11.1 Å². The molecule has 2 heterocycles. The van der Waals surface area contributed by atoms with Gasteiger partial charge in [0.05, 0.1) is 0 Å². The van der Waals surface area contributed by atoms with Gasteiger partial charge in [0.2, 0.25) is 0 Å². The molecule has 0 spiro atoms. The first kappa shape index (κ1) is 15.8. The van der Waals surface area contributed by atoms with Crippen LogP contribution in [0.4, 0.5) is 6.01 Å². The predicted molar refractivity (Wildman–Crippen MR) is 96.3 cm³/mol. The first-order valence-electron chi connectivity index (χ1n) is 7.99. The van der Waals surface area contributed by atoms with E-state index in [2.05, 4.69) is 20.6 Å². The highest BCUT2D eigenvalue weighted by atomic mass is 16.4. The molecule has 0 unspecified atom stereocenters. The lowest BCUT2D eigenvalue weighted by Crippen LogP contribution is -2.11. The zero-order valence-electron chi connectivity index (χ0n) is 14.0. The zero-order chi connectivity index (χ0) is 17.9. The van der Waals surface area contributed by atoms with Crippen molar-refractivity contribution < 1.29 is 9.21 Å². The maximum absolute atomic E-state index is 12.4. The number of rotatable bonds is 4. The molecule has 4 rings (SSSR count). The molecule has 7 nitrogen and oxygen atoms in total. The number of carbonyl (C=O) groups is 1. The first-order valence-corrected chi connectivity index (χ1v) is 7.99. The fourth-order valence-electron chi connectivity index (χ4n) is 2.52. The van der Waals surface area contributed by atoms with E-state index < -0.39 is 0 Å². The minimum atomic E-state index is -0.319. The van der Waals surface area contributed by atoms with Crippen LogP contribution in [0, 0.1) is 0 Å². The molecule has 1 amide bonds. The molecule has 0 saturated carbocycles. The van der Waals surface area contributed by atoms with E-state index in [9.17, 15) is 4.79 Å². The Morgan fingerprint density at radius 1 is 0.962 bits per heavy atom. The summed E-state index contributed by atoms with van der Waals surface area (Å²) in [5.41, 5.74) is 3.18. The second kappa shape index (κ2) is 6.64. The van der Waals surface area contributed by atoms with Gasteiger partial charge >= 0.3 is 6.01 Å². The van der Waals surface area contributed by atoms with Crippen molar-refractivity contribution in [2.45, 2.75) is 0 Å². The van der Waals surface area contributed by atoms with Crippen LogP contribution in [-0.4, -0.2) is 25.9 Å². The highest BCUT2D eigenvalue weighted by molar-refractivity contribution is 6.03. The molecule has 0 atom stereocenters. The number of anilines is 1. The Morgan fingerprint density at radius 3 is 2.38 bits per heavy atom. The summed E-state index contributed by atoms with van der Waals surface area (Å²) in [6.07, 6.45) is 1.77. The number of aryl methyl sites for hydroxylation is 1. The van der Waals surface area contributed by atoms with Gasteiger partial charge in [0.1, 0.15) is 5.69 Å². The largest absolute Gasteiger partial charge is 0.401 e. The van der Waals surface area contributed by atoms with Crippen molar-refractivity contribution in [3.05, 3.63) is 72.4 Å². The molecule has 0 bridgehead atoms. The molecule has 128 valence electrons. The van der Waals surface area contributed by atoms with Crippen molar-refractivity contribution in [1.82, 2.24) is 20.0 Å². The van der Waals surface area contributed by atoms with E-state index in [-0.39, 0.29) is 17.8 Å². The molecule has 0 saturated heterocycles. The average molecular weight is 345 g/mol. The Balaban J connectivity index is 1.47. The number of hydrogen-bond acceptors (Lipinski definition) is 5. The predicted octanol–water partition coefficient (Wildman–Crippen LogP) is 3.39. The molecule has 1 N–H and O–H groups in total. The topological polar surface area (TPSA) is 85.8 Å². The summed E-state index contributed by atoms with van der Waals surface area (Å²) in [6, 6.07) is 19.1. The van der Waals surface area contributed by atoms with Gasteiger partial charge in [-0.2, -0.15) is 5.10 Å². The van der Waals surface area contributed by atoms with Gasteiger partial charge in [0, 0.05) is 18.8 Å². The zero-order valence-corrected chi connectivity index (χ0v) is 14.0. The first-order chi connectivity index (χ1) is 12.7. The lowest BCUT2D eigenvalue weighted by molar-refractivity contribution is 0.102. The lowest BCUT2D eigenvalue weighted by Gasteiger charge is -2.04.